The Morgan fingerprint density at radius 1 is 0.836 bits per heavy atom. The van der Waals surface area contributed by atoms with Crippen molar-refractivity contribution in [2.75, 3.05) is 12.4 Å². The third kappa shape index (κ3) is 10.1. The highest BCUT2D eigenvalue weighted by molar-refractivity contribution is 7.80. The second-order valence-corrected chi connectivity index (χ2v) is 19.9. The lowest BCUT2D eigenvalue weighted by atomic mass is 9.44. The summed E-state index contributed by atoms with van der Waals surface area (Å²) in [5.74, 6) is -9.61. The van der Waals surface area contributed by atoms with Gasteiger partial charge in [0.1, 0.15) is 41.9 Å². The molecule has 3 aromatic rings. The number of amides is 1. The smallest absolute Gasteiger partial charge is 0.350 e. The number of nitrogens with one attached hydrogen (secondary N) is 1. The van der Waals surface area contributed by atoms with Crippen LogP contribution in [0.2, 0.25) is 0 Å². The van der Waals surface area contributed by atoms with Gasteiger partial charge in [-0.3, -0.25) is 28.8 Å². The van der Waals surface area contributed by atoms with Crippen molar-refractivity contribution in [1.29, 1.82) is 0 Å². The molecule has 3 aliphatic carbocycles. The number of Topliss-reactive ketones (excluding diaryl/α,β-unsaturated/α-hetero) is 1. The monoisotopic (exact) mass is 1030 g/mol. The van der Waals surface area contributed by atoms with E-state index in [1.54, 1.807) is 60.7 Å². The van der Waals surface area contributed by atoms with E-state index in [-0.39, 0.29) is 53.7 Å². The zero-order valence-corrected chi connectivity index (χ0v) is 42.4. The third-order valence-corrected chi connectivity index (χ3v) is 15.1. The second-order valence-electron chi connectivity index (χ2n) is 19.5. The van der Waals surface area contributed by atoms with Crippen molar-refractivity contribution in [2.45, 2.75) is 134 Å². The summed E-state index contributed by atoms with van der Waals surface area (Å²) in [6.07, 6.45) is -11.7. The first-order valence-electron chi connectivity index (χ1n) is 24.1. The van der Waals surface area contributed by atoms with Gasteiger partial charge in [0, 0.05) is 49.3 Å². The number of esters is 6. The first kappa shape index (κ1) is 54.3. The van der Waals surface area contributed by atoms with E-state index in [2.05, 4.69) is 17.9 Å². The van der Waals surface area contributed by atoms with Crippen LogP contribution in [0.1, 0.15) is 113 Å². The fraction of sp³-hybridized carbons (Fsp3) is 0.481. The van der Waals surface area contributed by atoms with E-state index in [1.807, 2.05) is 0 Å². The number of carbonyl (C=O) groups is 8. The summed E-state index contributed by atoms with van der Waals surface area (Å²) in [5.41, 5.74) is -8.10. The quantitative estimate of drug-likeness (QED) is 0.0637. The van der Waals surface area contributed by atoms with Crippen molar-refractivity contribution in [3.05, 3.63) is 119 Å². The summed E-state index contributed by atoms with van der Waals surface area (Å²) in [4.78, 5) is 114. The second kappa shape index (κ2) is 21.6. The van der Waals surface area contributed by atoms with Gasteiger partial charge in [0.25, 0.3) is 5.91 Å². The summed E-state index contributed by atoms with van der Waals surface area (Å²) < 4.78 is 57.5. The van der Waals surface area contributed by atoms with Gasteiger partial charge >= 0.3 is 35.8 Å². The molecule has 1 heterocycles. The van der Waals surface area contributed by atoms with Crippen molar-refractivity contribution in [3.63, 3.8) is 0 Å². The van der Waals surface area contributed by atoms with Gasteiger partial charge in [-0.05, 0) is 67.0 Å². The van der Waals surface area contributed by atoms with Gasteiger partial charge in [-0.1, -0.05) is 76.2 Å². The molecule has 73 heavy (non-hydrogen) atoms. The number of hydrogen-bond donors (Lipinski definition) is 3. The Balaban J connectivity index is 1.47. The van der Waals surface area contributed by atoms with Crippen LogP contribution in [0.3, 0.4) is 0 Å². The number of rotatable bonds is 16. The molecule has 1 unspecified atom stereocenters. The largest absolute Gasteiger partial charge is 0.461 e. The molecule has 0 aromatic heterocycles. The molecule has 3 fully saturated rings. The van der Waals surface area contributed by atoms with Gasteiger partial charge in [-0.2, -0.15) is 12.6 Å². The minimum atomic E-state index is -2.56. The van der Waals surface area contributed by atoms with E-state index < -0.39 is 137 Å². The fourth-order valence-electron chi connectivity index (χ4n) is 11.0. The first-order chi connectivity index (χ1) is 34.6. The molecule has 4 aliphatic rings. The molecule has 2 saturated carbocycles. The van der Waals surface area contributed by atoms with E-state index in [1.165, 1.54) is 41.5 Å². The number of aliphatic hydroxyl groups is 1. The van der Waals surface area contributed by atoms with Gasteiger partial charge in [0.15, 0.2) is 17.5 Å². The van der Waals surface area contributed by atoms with Crippen LogP contribution in [0.25, 0.3) is 0 Å². The Labute approximate surface area is 427 Å². The van der Waals surface area contributed by atoms with E-state index in [0.717, 1.165) is 31.2 Å². The number of halogens is 1. The highest BCUT2D eigenvalue weighted by Gasteiger charge is 2.79. The highest BCUT2D eigenvalue weighted by atomic mass is 32.1. The zero-order chi connectivity index (χ0) is 53.2. The number of thiol groups is 1. The molecule has 2 bridgehead atoms. The number of fused-ring (bicyclic) bond motifs is 5. The molecule has 1 aliphatic heterocycles. The van der Waals surface area contributed by atoms with Gasteiger partial charge < -0.3 is 43.6 Å². The van der Waals surface area contributed by atoms with Crippen molar-refractivity contribution in [3.8, 4) is 0 Å². The summed E-state index contributed by atoms with van der Waals surface area (Å²) in [6.45, 7) is 9.62. The van der Waals surface area contributed by atoms with Crippen LogP contribution in [0.15, 0.2) is 96.1 Å². The lowest BCUT2D eigenvalue weighted by Gasteiger charge is -2.67. The average Bonchev–Trinajstić information content (AvgIpc) is 3.35. The predicted molar refractivity (Wildman–Crippen MR) is 259 cm³/mol. The Morgan fingerprint density at radius 3 is 2.04 bits per heavy atom. The van der Waals surface area contributed by atoms with Crippen LogP contribution in [0, 0.1) is 22.6 Å². The predicted octanol–water partition coefficient (Wildman–Crippen LogP) is 6.10. The van der Waals surface area contributed by atoms with Crippen LogP contribution in [0.5, 0.6) is 0 Å². The first-order valence-corrected chi connectivity index (χ1v) is 24.8. The van der Waals surface area contributed by atoms with E-state index >= 15 is 9.59 Å². The minimum absolute atomic E-state index is 0.0513. The lowest BCUT2D eigenvalue weighted by Crippen LogP contribution is -2.82. The molecular formula is C54H60FNO16S. The van der Waals surface area contributed by atoms with Crippen LogP contribution in [-0.2, 0) is 61.9 Å². The van der Waals surface area contributed by atoms with Crippen LogP contribution in [-0.4, -0.2) is 113 Å². The van der Waals surface area contributed by atoms with Crippen LogP contribution < -0.4 is 5.32 Å². The molecule has 1 saturated heterocycles. The number of ketones is 1. The molecule has 11 atom stereocenters. The topological polar surface area (TPSA) is 233 Å². The fourth-order valence-corrected chi connectivity index (χ4v) is 11.2. The van der Waals surface area contributed by atoms with Gasteiger partial charge in [0.2, 0.25) is 6.10 Å². The Bertz CT molecular complexity index is 2660. The standard InChI is InChI=1S/C54H60FNO16S/c1-8-38(58)69-43-41-29(3)35(67-50(64)44(70-39(59)9-2)42(31-16-12-10-13-17-31)56-48(62)32-18-14-11-15-19-32)27-54(65,51(41,5)6)47(71-49(63)33-20-22-34(55)23-21-33)45-52(7,46(43)61)36(68-40(60)24-25-73)26-37-53(45,28-66-37)72-30(4)57/h10-23,35-37,42-45,47,65,73H,8-9,24-28H2,1-7H3,(H,56,62)/t35-,36-,37+,42-,43+,44+,45?,47-,52+,53-,54+/m0/s1. The average molecular weight is 1030 g/mol. The molecule has 17 nitrogen and oxygen atoms in total. The third-order valence-electron chi connectivity index (χ3n) is 14.9. The van der Waals surface area contributed by atoms with Crippen molar-refractivity contribution in [1.82, 2.24) is 5.32 Å². The normalized spacial score (nSPS) is 28.7. The maximum Gasteiger partial charge on any atom is 0.350 e. The molecule has 0 spiro atoms. The number of carbonyl (C=O) groups excluding carboxylic acids is 8. The van der Waals surface area contributed by atoms with Crippen molar-refractivity contribution in [2.24, 2.45) is 16.7 Å². The maximum absolute atomic E-state index is 16.2. The molecule has 1 amide bonds. The zero-order valence-electron chi connectivity index (χ0n) is 41.5. The van der Waals surface area contributed by atoms with E-state index in [0.29, 0.717) is 5.56 Å². The number of ether oxygens (including phenoxy) is 7. The van der Waals surface area contributed by atoms with Gasteiger partial charge in [-0.15, -0.1) is 0 Å². The molecular weight excluding hydrogens is 970 g/mol. The lowest BCUT2D eigenvalue weighted by molar-refractivity contribution is -0.346. The van der Waals surface area contributed by atoms with E-state index in [4.69, 9.17) is 33.2 Å². The maximum atomic E-state index is 16.2. The molecule has 19 heteroatoms. The van der Waals surface area contributed by atoms with Crippen LogP contribution in [0.4, 0.5) is 4.39 Å². The Morgan fingerprint density at radius 2 is 1.47 bits per heavy atom. The molecule has 2 N–H and O–H groups in total. The van der Waals surface area contributed by atoms with E-state index in [9.17, 15) is 38.3 Å². The molecule has 390 valence electrons. The SMILES string of the molecule is CCC(=O)O[C@H]1C(=O)[C@@]2(C)C([C@H](OC(=O)c3ccc(F)cc3)[C@]3(O)C[C@H](OC(=O)[C@H](OC(=O)CC)[C@@H](NC(=O)c4ccccc4)c4ccccc4)C(C)=C1C3(C)C)[C@]1(OC(C)=O)CO[C@@H]1C[C@@H]2OC(=O)CCS. The summed E-state index contributed by atoms with van der Waals surface area (Å²) >= 11 is 4.19. The molecule has 0 radical (unpaired) electrons. The molecule has 7 rings (SSSR count). The van der Waals surface area contributed by atoms with Gasteiger partial charge in [0.05, 0.1) is 29.9 Å². The Kier molecular flexibility index (Phi) is 16.1. The van der Waals surface area contributed by atoms with Crippen LogP contribution >= 0.6 is 12.6 Å². The summed E-state index contributed by atoms with van der Waals surface area (Å²) in [5, 5.41) is 16.9. The number of hydrogen-bond acceptors (Lipinski definition) is 17. The van der Waals surface area contributed by atoms with Crippen molar-refractivity contribution >= 4 is 60.1 Å². The van der Waals surface area contributed by atoms with Gasteiger partial charge in [-0.25, -0.2) is 14.0 Å². The number of benzene rings is 3. The molecule has 3 aromatic carbocycles. The Hall–Kier alpha value is -6.44. The summed E-state index contributed by atoms with van der Waals surface area (Å²) in [6, 6.07) is 19.2. The highest BCUT2D eigenvalue weighted by Crippen LogP contribution is 2.65. The minimum Gasteiger partial charge on any atom is -0.461 e. The van der Waals surface area contributed by atoms with Crippen molar-refractivity contribution < 1.29 is 81.0 Å². The summed E-state index contributed by atoms with van der Waals surface area (Å²) in [7, 11) is 0.